The van der Waals surface area contributed by atoms with Crippen molar-refractivity contribution < 1.29 is 19.7 Å². The quantitative estimate of drug-likeness (QED) is 0.402. The number of ether oxygens (including phenoxy) is 1. The van der Waals surface area contributed by atoms with E-state index in [1.165, 1.54) is 0 Å². The van der Waals surface area contributed by atoms with Gasteiger partial charge in [0.15, 0.2) is 0 Å². The van der Waals surface area contributed by atoms with Gasteiger partial charge in [0.05, 0.1) is 24.7 Å². The third-order valence-electron chi connectivity index (χ3n) is 3.55. The molecule has 0 heterocycles. The van der Waals surface area contributed by atoms with Crippen LogP contribution in [0.25, 0.3) is 0 Å². The fourth-order valence-electron chi connectivity index (χ4n) is 2.37. The number of aliphatic hydroxyl groups excluding tert-OH is 2. The number of esters is 1. The van der Waals surface area contributed by atoms with Gasteiger partial charge < -0.3 is 14.9 Å². The van der Waals surface area contributed by atoms with Crippen LogP contribution in [0.4, 0.5) is 0 Å². The van der Waals surface area contributed by atoms with E-state index in [0.717, 1.165) is 38.6 Å². The van der Waals surface area contributed by atoms with Gasteiger partial charge in [0.1, 0.15) is 0 Å². The molecule has 0 radical (unpaired) electrons. The molecule has 0 aliphatic carbocycles. The van der Waals surface area contributed by atoms with E-state index in [2.05, 4.69) is 11.8 Å². The normalized spacial score (nSPS) is 15.6. The van der Waals surface area contributed by atoms with Gasteiger partial charge in [-0.1, -0.05) is 26.7 Å². The van der Waals surface area contributed by atoms with E-state index in [1.54, 1.807) is 13.8 Å². The lowest BCUT2D eigenvalue weighted by molar-refractivity contribution is -0.148. The van der Waals surface area contributed by atoms with Crippen LogP contribution in [0.1, 0.15) is 59.8 Å². The van der Waals surface area contributed by atoms with Crippen LogP contribution in [0.5, 0.6) is 0 Å². The predicted molar refractivity (Wildman–Crippen MR) is 88.7 cm³/mol. The van der Waals surface area contributed by atoms with Gasteiger partial charge in [0, 0.05) is 13.1 Å². The van der Waals surface area contributed by atoms with Crippen LogP contribution in [0.2, 0.25) is 0 Å². The molecule has 0 aliphatic heterocycles. The van der Waals surface area contributed by atoms with Crippen molar-refractivity contribution in [3.05, 3.63) is 0 Å². The summed E-state index contributed by atoms with van der Waals surface area (Å²) in [6.45, 7) is 9.98. The van der Waals surface area contributed by atoms with Crippen LogP contribution in [0, 0.1) is 5.92 Å². The first-order valence-corrected chi connectivity index (χ1v) is 8.61. The second kappa shape index (κ2) is 12.9. The average Bonchev–Trinajstić information content (AvgIpc) is 2.41. The largest absolute Gasteiger partial charge is 0.465 e. The minimum atomic E-state index is -0.397. The number of carbonyl (C=O) groups is 1. The molecule has 0 fully saturated rings. The second-order valence-corrected chi connectivity index (χ2v) is 6.38. The van der Waals surface area contributed by atoms with E-state index in [0.29, 0.717) is 19.7 Å². The van der Waals surface area contributed by atoms with Crippen LogP contribution in [-0.4, -0.2) is 59.5 Å². The first kappa shape index (κ1) is 21.4. The Hall–Kier alpha value is -0.650. The second-order valence-electron chi connectivity index (χ2n) is 6.38. The van der Waals surface area contributed by atoms with Gasteiger partial charge in [-0.2, -0.15) is 0 Å². The third-order valence-corrected chi connectivity index (χ3v) is 3.55. The number of hydrogen-bond donors (Lipinski definition) is 2. The van der Waals surface area contributed by atoms with Crippen molar-refractivity contribution in [3.8, 4) is 0 Å². The minimum absolute atomic E-state index is 0.0566. The lowest BCUT2D eigenvalue weighted by Gasteiger charge is -2.25. The summed E-state index contributed by atoms with van der Waals surface area (Å²) in [4.78, 5) is 13.8. The van der Waals surface area contributed by atoms with Crippen molar-refractivity contribution in [1.29, 1.82) is 0 Å². The number of hydrogen-bond acceptors (Lipinski definition) is 5. The summed E-state index contributed by atoms with van der Waals surface area (Å²) in [7, 11) is 0. The molecular weight excluding hydrogens is 282 g/mol. The number of unbranched alkanes of at least 4 members (excludes halogenated alkanes) is 2. The van der Waals surface area contributed by atoms with Gasteiger partial charge in [0.2, 0.25) is 0 Å². The van der Waals surface area contributed by atoms with E-state index < -0.39 is 12.2 Å². The summed E-state index contributed by atoms with van der Waals surface area (Å²) in [6, 6.07) is 0. The molecule has 2 unspecified atom stereocenters. The molecule has 0 bridgehead atoms. The predicted octanol–water partition coefficient (Wildman–Crippen LogP) is 2.20. The topological polar surface area (TPSA) is 70.0 Å². The Balaban J connectivity index is 3.88. The average molecular weight is 317 g/mol. The summed E-state index contributed by atoms with van der Waals surface area (Å²) < 4.78 is 5.21. The molecule has 22 heavy (non-hydrogen) atoms. The molecule has 0 aromatic carbocycles. The first-order valence-electron chi connectivity index (χ1n) is 8.61. The standard InChI is InChI=1S/C17H35NO4/c1-5-6-11-22-17(21)14(2)9-7-8-10-18(12-15(3)19)13-16(4)20/h14-16,19-20H,5-13H2,1-4H3/t14-,15?,16?/m0/s1. The molecular formula is C17H35NO4. The molecule has 0 aliphatic rings. The molecule has 2 N–H and O–H groups in total. The Kier molecular flexibility index (Phi) is 12.5. The first-order chi connectivity index (χ1) is 10.4. The highest BCUT2D eigenvalue weighted by atomic mass is 16.5. The van der Waals surface area contributed by atoms with Crippen LogP contribution in [0.3, 0.4) is 0 Å². The summed E-state index contributed by atoms with van der Waals surface area (Å²) in [5.41, 5.74) is 0. The van der Waals surface area contributed by atoms with Crippen molar-refractivity contribution in [1.82, 2.24) is 4.90 Å². The summed E-state index contributed by atoms with van der Waals surface area (Å²) in [6.07, 6.45) is 3.88. The number of carbonyl (C=O) groups excluding carboxylic acids is 1. The molecule has 132 valence electrons. The number of rotatable bonds is 13. The highest BCUT2D eigenvalue weighted by Crippen LogP contribution is 2.11. The van der Waals surface area contributed by atoms with E-state index in [1.807, 2.05) is 6.92 Å². The molecule has 0 saturated heterocycles. The van der Waals surface area contributed by atoms with E-state index in [4.69, 9.17) is 4.74 Å². The van der Waals surface area contributed by atoms with Crippen LogP contribution >= 0.6 is 0 Å². The zero-order valence-corrected chi connectivity index (χ0v) is 14.8. The van der Waals surface area contributed by atoms with Gasteiger partial charge in [-0.3, -0.25) is 9.69 Å². The highest BCUT2D eigenvalue weighted by molar-refractivity contribution is 5.71. The van der Waals surface area contributed by atoms with Crippen LogP contribution < -0.4 is 0 Å². The van der Waals surface area contributed by atoms with Gasteiger partial charge >= 0.3 is 5.97 Å². The van der Waals surface area contributed by atoms with E-state index in [-0.39, 0.29) is 11.9 Å². The molecule has 5 nitrogen and oxygen atoms in total. The Morgan fingerprint density at radius 3 is 2.14 bits per heavy atom. The van der Waals surface area contributed by atoms with Gasteiger partial charge in [0.25, 0.3) is 0 Å². The molecule has 0 aromatic heterocycles. The number of nitrogens with zero attached hydrogens (tertiary/aromatic N) is 1. The maximum atomic E-state index is 11.7. The van der Waals surface area contributed by atoms with Crippen LogP contribution in [0.15, 0.2) is 0 Å². The van der Waals surface area contributed by atoms with Crippen molar-refractivity contribution in [2.75, 3.05) is 26.2 Å². The Morgan fingerprint density at radius 2 is 1.64 bits per heavy atom. The Morgan fingerprint density at radius 1 is 1.05 bits per heavy atom. The molecule has 0 spiro atoms. The molecule has 0 rings (SSSR count). The van der Waals surface area contributed by atoms with Crippen molar-refractivity contribution in [3.63, 3.8) is 0 Å². The SMILES string of the molecule is CCCCOC(=O)[C@@H](C)CCCCN(CC(C)O)CC(C)O. The summed E-state index contributed by atoms with van der Waals surface area (Å²) >= 11 is 0. The van der Waals surface area contributed by atoms with Gasteiger partial charge in [-0.05, 0) is 39.7 Å². The minimum Gasteiger partial charge on any atom is -0.465 e. The lowest BCUT2D eigenvalue weighted by Crippen LogP contribution is -2.37. The molecule has 3 atom stereocenters. The number of aliphatic hydroxyl groups is 2. The highest BCUT2D eigenvalue weighted by Gasteiger charge is 2.15. The van der Waals surface area contributed by atoms with E-state index >= 15 is 0 Å². The van der Waals surface area contributed by atoms with Crippen molar-refractivity contribution >= 4 is 5.97 Å². The Labute approximate surface area is 135 Å². The zero-order valence-electron chi connectivity index (χ0n) is 14.8. The monoisotopic (exact) mass is 317 g/mol. The van der Waals surface area contributed by atoms with E-state index in [9.17, 15) is 15.0 Å². The fraction of sp³-hybridized carbons (Fsp3) is 0.941. The molecule has 0 amide bonds. The molecule has 5 heteroatoms. The van der Waals surface area contributed by atoms with Crippen LogP contribution in [-0.2, 0) is 9.53 Å². The van der Waals surface area contributed by atoms with Gasteiger partial charge in [-0.25, -0.2) is 0 Å². The Bertz CT molecular complexity index is 272. The third kappa shape index (κ3) is 12.0. The van der Waals surface area contributed by atoms with Crippen molar-refractivity contribution in [2.45, 2.75) is 72.0 Å². The zero-order chi connectivity index (χ0) is 17.0. The lowest BCUT2D eigenvalue weighted by atomic mass is 10.0. The van der Waals surface area contributed by atoms with Crippen molar-refractivity contribution in [2.24, 2.45) is 5.92 Å². The molecule has 0 saturated carbocycles. The summed E-state index contributed by atoms with van der Waals surface area (Å²) in [5, 5.41) is 18.9. The maximum absolute atomic E-state index is 11.7. The summed E-state index contributed by atoms with van der Waals surface area (Å²) in [5.74, 6) is -0.155. The maximum Gasteiger partial charge on any atom is 0.308 e. The fourth-order valence-corrected chi connectivity index (χ4v) is 2.37. The smallest absolute Gasteiger partial charge is 0.308 e. The van der Waals surface area contributed by atoms with Gasteiger partial charge in [-0.15, -0.1) is 0 Å². The molecule has 0 aromatic rings.